The molecule has 0 aliphatic carbocycles. The van der Waals surface area contributed by atoms with Crippen LogP contribution in [-0.2, 0) is 36.6 Å². The number of anilines is 2. The number of aromatic hydroxyl groups is 1. The van der Waals surface area contributed by atoms with Crippen LogP contribution in [0.1, 0.15) is 83.4 Å². The van der Waals surface area contributed by atoms with E-state index in [0.717, 1.165) is 41.9 Å². The topological polar surface area (TPSA) is 177 Å². The van der Waals surface area contributed by atoms with Gasteiger partial charge in [-0.05, 0) is 117 Å². The summed E-state index contributed by atoms with van der Waals surface area (Å²) in [4.78, 5) is 44.6. The van der Waals surface area contributed by atoms with Crippen LogP contribution < -0.4 is 25.2 Å². The van der Waals surface area contributed by atoms with Crippen molar-refractivity contribution in [2.45, 2.75) is 103 Å². The molecule has 2 heterocycles. The van der Waals surface area contributed by atoms with Gasteiger partial charge in [0.1, 0.15) is 29.7 Å². The van der Waals surface area contributed by atoms with E-state index >= 15 is 0 Å². The number of rotatable bonds is 21. The van der Waals surface area contributed by atoms with Crippen LogP contribution in [0, 0.1) is 16.7 Å². The van der Waals surface area contributed by atoms with Crippen LogP contribution >= 0.6 is 12.2 Å². The zero-order chi connectivity index (χ0) is 48.4. The van der Waals surface area contributed by atoms with Gasteiger partial charge >= 0.3 is 6.18 Å². The number of nitrogens with zero attached hydrogens (tertiary/aromatic N) is 4. The minimum atomic E-state index is -4.79. The number of amides is 3. The normalized spacial score (nSPS) is 17.7. The largest absolute Gasteiger partial charge is 0.508 e. The molecule has 3 amide bonds. The molecule has 2 saturated heterocycles. The number of nitrogens with one attached hydrogen (secondary N) is 2. The van der Waals surface area contributed by atoms with Crippen molar-refractivity contribution in [3.63, 3.8) is 0 Å². The second-order valence-electron chi connectivity index (χ2n) is 17.9. The fourth-order valence-electron chi connectivity index (χ4n) is 7.71. The van der Waals surface area contributed by atoms with Gasteiger partial charge in [0.25, 0.3) is 5.91 Å². The summed E-state index contributed by atoms with van der Waals surface area (Å²) in [6.07, 6.45) is -2.23. The highest BCUT2D eigenvalue weighted by Crippen LogP contribution is 2.40. The molecular weight excluding hydrogens is 878 g/mol. The molecule has 14 nitrogen and oxygen atoms in total. The molecule has 66 heavy (non-hydrogen) atoms. The number of halogens is 3. The molecule has 2 unspecified atom stereocenters. The van der Waals surface area contributed by atoms with E-state index in [4.69, 9.17) is 26.4 Å². The van der Waals surface area contributed by atoms with Crippen molar-refractivity contribution in [1.82, 2.24) is 15.5 Å². The Kier molecular flexibility index (Phi) is 17.2. The molecule has 0 saturated carbocycles. The summed E-state index contributed by atoms with van der Waals surface area (Å²) in [6.45, 7) is 15.0. The van der Waals surface area contributed by atoms with E-state index in [1.54, 1.807) is 78.2 Å². The van der Waals surface area contributed by atoms with Gasteiger partial charge in [-0.15, -0.1) is 0 Å². The third-order valence-corrected chi connectivity index (χ3v) is 11.7. The molecule has 356 valence electrons. The van der Waals surface area contributed by atoms with E-state index in [0.29, 0.717) is 56.3 Å². The predicted octanol–water partition coefficient (Wildman–Crippen LogP) is 6.97. The van der Waals surface area contributed by atoms with Crippen molar-refractivity contribution >= 4 is 46.4 Å². The highest BCUT2D eigenvalue weighted by atomic mass is 32.1. The van der Waals surface area contributed by atoms with E-state index in [1.165, 1.54) is 6.07 Å². The molecule has 2 fully saturated rings. The Morgan fingerprint density at radius 3 is 2.24 bits per heavy atom. The van der Waals surface area contributed by atoms with Crippen LogP contribution in [0.15, 0.2) is 79.0 Å². The number of nitriles is 1. The molecule has 3 aromatic carbocycles. The molecule has 5 rings (SSSR count). The van der Waals surface area contributed by atoms with Crippen LogP contribution in [-0.4, -0.2) is 101 Å². The maximum Gasteiger partial charge on any atom is 0.417 e. The maximum atomic E-state index is 13.9. The van der Waals surface area contributed by atoms with Crippen molar-refractivity contribution in [2.24, 2.45) is 5.41 Å². The third-order valence-electron chi connectivity index (χ3n) is 11.3. The molecular formula is C48H59F3N6O8S. The number of phenolic OH excluding ortho intramolecular Hbond substituents is 1. The Labute approximate surface area is 389 Å². The summed E-state index contributed by atoms with van der Waals surface area (Å²) in [6, 6.07) is 16.9. The Balaban J connectivity index is 0.962. The van der Waals surface area contributed by atoms with Gasteiger partial charge in [0.2, 0.25) is 11.8 Å². The number of phenols is 1. The van der Waals surface area contributed by atoms with Crippen molar-refractivity contribution in [1.29, 1.82) is 5.26 Å². The monoisotopic (exact) mass is 936 g/mol. The number of thiocarbonyl (C=S) groups is 1. The third kappa shape index (κ3) is 13.0. The number of ether oxygens (including phenoxy) is 3. The van der Waals surface area contributed by atoms with E-state index in [2.05, 4.69) is 17.2 Å². The average molecular weight is 937 g/mol. The van der Waals surface area contributed by atoms with Gasteiger partial charge in [-0.3, -0.25) is 19.3 Å². The summed E-state index contributed by atoms with van der Waals surface area (Å²) in [5, 5.41) is 35.4. The molecule has 0 radical (unpaired) electrons. The van der Waals surface area contributed by atoms with E-state index in [-0.39, 0.29) is 42.2 Å². The van der Waals surface area contributed by atoms with Crippen LogP contribution in [0.3, 0.4) is 0 Å². The first kappa shape index (κ1) is 51.2. The number of aliphatic hydroxyl groups excluding tert-OH is 1. The summed E-state index contributed by atoms with van der Waals surface area (Å²) in [5.74, 6) is -0.509. The van der Waals surface area contributed by atoms with Gasteiger partial charge in [-0.1, -0.05) is 39.5 Å². The lowest BCUT2D eigenvalue weighted by Crippen LogP contribution is -2.57. The molecule has 0 spiro atoms. The van der Waals surface area contributed by atoms with Crippen molar-refractivity contribution in [2.75, 3.05) is 49.4 Å². The SMILES string of the molecule is C=C(NCc1ccc(O)cc1)C1C[C@@H](O)CN1C(=O)C(NC(=O)COCCCOCCCCCOc1ccc(N2C(=S)N(c3ccc(C#N)c(C(F)(F)F)c3)C(=O)C2(C)C)cc1)C(C)(C)C. The molecule has 0 aromatic heterocycles. The highest BCUT2D eigenvalue weighted by molar-refractivity contribution is 7.81. The summed E-state index contributed by atoms with van der Waals surface area (Å²) >= 11 is 5.62. The number of hydrogen-bond acceptors (Lipinski definition) is 11. The zero-order valence-electron chi connectivity index (χ0n) is 38.0. The number of alkyl halides is 3. The molecule has 2 aliphatic heterocycles. The number of aliphatic hydroxyl groups is 1. The van der Waals surface area contributed by atoms with Gasteiger partial charge in [0, 0.05) is 50.7 Å². The zero-order valence-corrected chi connectivity index (χ0v) is 38.8. The minimum absolute atomic E-state index is 0.00419. The average Bonchev–Trinajstić information content (AvgIpc) is 3.74. The smallest absolute Gasteiger partial charge is 0.417 e. The second-order valence-corrected chi connectivity index (χ2v) is 18.3. The van der Waals surface area contributed by atoms with Crippen molar-refractivity contribution < 1.29 is 52.0 Å². The molecule has 2 aliphatic rings. The lowest BCUT2D eigenvalue weighted by Gasteiger charge is -2.36. The lowest BCUT2D eigenvalue weighted by atomic mass is 9.85. The molecule has 0 bridgehead atoms. The number of β-amino-alcohol motifs (C(OH)–C–C–N with tert-alkyl or cyclic N) is 1. The summed E-state index contributed by atoms with van der Waals surface area (Å²) < 4.78 is 58.3. The first-order chi connectivity index (χ1) is 31.1. The predicted molar refractivity (Wildman–Crippen MR) is 246 cm³/mol. The molecule has 3 atom stereocenters. The first-order valence-electron chi connectivity index (χ1n) is 21.8. The number of carbonyl (C=O) groups excluding carboxylic acids is 3. The van der Waals surface area contributed by atoms with Gasteiger partial charge in [0.05, 0.1) is 41.6 Å². The number of unbranched alkanes of at least 4 members (excludes halogenated alkanes) is 2. The number of hydrogen-bond donors (Lipinski definition) is 4. The van der Waals surface area contributed by atoms with Crippen molar-refractivity contribution in [3.05, 3.63) is 95.7 Å². The Morgan fingerprint density at radius 2 is 1.59 bits per heavy atom. The Morgan fingerprint density at radius 1 is 0.955 bits per heavy atom. The fourth-order valence-corrected chi connectivity index (χ4v) is 8.23. The Bertz CT molecular complexity index is 2240. The minimum Gasteiger partial charge on any atom is -0.508 e. The number of benzene rings is 3. The van der Waals surface area contributed by atoms with E-state index < -0.39 is 58.3 Å². The van der Waals surface area contributed by atoms with Crippen LogP contribution in [0.4, 0.5) is 24.5 Å². The fraction of sp³-hybridized carbons (Fsp3) is 0.479. The molecule has 4 N–H and O–H groups in total. The first-order valence-corrected chi connectivity index (χ1v) is 22.2. The molecule has 3 aromatic rings. The number of likely N-dealkylation sites (tertiary alicyclic amines) is 1. The van der Waals surface area contributed by atoms with Crippen LogP contribution in [0.2, 0.25) is 0 Å². The Hall–Kier alpha value is -5.74. The van der Waals surface area contributed by atoms with Gasteiger partial charge < -0.3 is 44.9 Å². The van der Waals surface area contributed by atoms with E-state index in [1.807, 2.05) is 20.8 Å². The van der Waals surface area contributed by atoms with E-state index in [9.17, 15) is 43.0 Å². The van der Waals surface area contributed by atoms with Gasteiger partial charge in [0.15, 0.2) is 5.11 Å². The summed E-state index contributed by atoms with van der Waals surface area (Å²) in [7, 11) is 0. The van der Waals surface area contributed by atoms with Crippen LogP contribution in [0.25, 0.3) is 0 Å². The van der Waals surface area contributed by atoms with Crippen LogP contribution in [0.5, 0.6) is 11.5 Å². The van der Waals surface area contributed by atoms with Gasteiger partial charge in [-0.25, -0.2) is 0 Å². The highest BCUT2D eigenvalue weighted by Gasteiger charge is 2.51. The second kappa shape index (κ2) is 22.2. The lowest BCUT2D eigenvalue weighted by molar-refractivity contribution is -0.141. The standard InChI is InChI=1S/C48H59F3N6O8S/c1-31(53-28-32-11-17-36(58)18-12-32)40-26-37(59)29-55(40)43(61)42(46(2,3)4)54-41(60)30-64-23-10-22-63-21-8-7-9-24-65-38-19-15-34(16-20-38)57-45(66)56(44(62)47(57,5)6)35-14-13-33(27-52)39(25-35)48(49,50)51/h11-20,25,37,40,42,53,58-59H,1,7-10,21-24,26,28-30H2,2-6H3,(H,54,60)/t37-,40?,42?/m1/s1. The molecule has 18 heteroatoms. The van der Waals surface area contributed by atoms with Gasteiger partial charge in [-0.2, -0.15) is 18.4 Å². The summed E-state index contributed by atoms with van der Waals surface area (Å²) in [5.41, 5.74) is -1.59. The van der Waals surface area contributed by atoms with Crippen molar-refractivity contribution in [3.8, 4) is 17.6 Å². The number of carbonyl (C=O) groups is 3. The quantitative estimate of drug-likeness (QED) is 0.0639. The maximum absolute atomic E-state index is 13.9.